The maximum absolute atomic E-state index is 14.8. The fraction of sp³-hybridized carbons (Fsp3) is 0.214. The van der Waals surface area contributed by atoms with Crippen molar-refractivity contribution < 1.29 is 19.1 Å². The Bertz CT molecular complexity index is 1560. The molecule has 0 bridgehead atoms. The zero-order valence-electron chi connectivity index (χ0n) is 19.6. The number of carboxylic acid groups (broad SMARTS) is 1. The Hall–Kier alpha value is -4.33. The van der Waals surface area contributed by atoms with E-state index >= 15 is 0 Å². The molecule has 0 spiro atoms. The molecule has 1 aliphatic rings. The normalized spacial score (nSPS) is 13.9. The molecule has 5 rings (SSSR count). The number of pyridine rings is 2. The second-order valence-corrected chi connectivity index (χ2v) is 9.16. The van der Waals surface area contributed by atoms with E-state index in [1.165, 1.54) is 12.3 Å². The number of benzene rings is 2. The lowest BCUT2D eigenvalue weighted by molar-refractivity contribution is -0.141. The van der Waals surface area contributed by atoms with Crippen LogP contribution in [0, 0.1) is 11.7 Å². The summed E-state index contributed by atoms with van der Waals surface area (Å²) in [6.45, 7) is 1.54. The molecule has 2 N–H and O–H groups in total. The summed E-state index contributed by atoms with van der Waals surface area (Å²) in [5.41, 5.74) is 2.40. The lowest BCUT2D eigenvalue weighted by Gasteiger charge is -2.14. The van der Waals surface area contributed by atoms with Gasteiger partial charge in [0.25, 0.3) is 5.91 Å². The molecule has 7 nitrogen and oxygen atoms in total. The SMILES string of the molecule is CC(Cc1ccc(-c2cccc(-n3cc(C(=O)NC4CC4)c(=O)c4cccnc43)c2)cc1F)C(=O)O. The lowest BCUT2D eigenvalue weighted by atomic mass is 9.97. The number of nitrogens with zero attached hydrogens (tertiary/aromatic N) is 2. The van der Waals surface area contributed by atoms with Gasteiger partial charge < -0.3 is 15.0 Å². The van der Waals surface area contributed by atoms with Gasteiger partial charge in [0.05, 0.1) is 11.3 Å². The number of fused-ring (bicyclic) bond motifs is 1. The van der Waals surface area contributed by atoms with Gasteiger partial charge in [-0.2, -0.15) is 0 Å². The quantitative estimate of drug-likeness (QED) is 0.405. The van der Waals surface area contributed by atoms with Crippen LogP contribution in [-0.2, 0) is 11.2 Å². The number of halogens is 1. The summed E-state index contributed by atoms with van der Waals surface area (Å²) in [7, 11) is 0. The Morgan fingerprint density at radius 2 is 1.92 bits per heavy atom. The second kappa shape index (κ2) is 9.37. The van der Waals surface area contributed by atoms with Crippen LogP contribution in [0.15, 0.2) is 71.8 Å². The number of hydrogen-bond donors (Lipinski definition) is 2. The van der Waals surface area contributed by atoms with E-state index in [1.54, 1.807) is 48.0 Å². The van der Waals surface area contributed by atoms with Gasteiger partial charge >= 0.3 is 5.97 Å². The fourth-order valence-electron chi connectivity index (χ4n) is 4.15. The maximum atomic E-state index is 14.8. The predicted molar refractivity (Wildman–Crippen MR) is 134 cm³/mol. The highest BCUT2D eigenvalue weighted by Crippen LogP contribution is 2.27. The van der Waals surface area contributed by atoms with Crippen LogP contribution in [-0.4, -0.2) is 32.6 Å². The molecule has 0 radical (unpaired) electrons. The van der Waals surface area contributed by atoms with E-state index in [0.717, 1.165) is 18.4 Å². The van der Waals surface area contributed by atoms with Gasteiger partial charge in [-0.05, 0) is 66.3 Å². The van der Waals surface area contributed by atoms with Crippen LogP contribution >= 0.6 is 0 Å². The first-order chi connectivity index (χ1) is 17.3. The number of carbonyl (C=O) groups is 2. The zero-order valence-corrected chi connectivity index (χ0v) is 19.6. The van der Waals surface area contributed by atoms with E-state index in [9.17, 15) is 18.8 Å². The van der Waals surface area contributed by atoms with Crippen LogP contribution < -0.4 is 10.7 Å². The fourth-order valence-corrected chi connectivity index (χ4v) is 4.15. The summed E-state index contributed by atoms with van der Waals surface area (Å²) < 4.78 is 16.5. The number of aromatic nitrogens is 2. The molecule has 0 aliphatic heterocycles. The number of nitrogens with one attached hydrogen (secondary N) is 1. The molecule has 1 fully saturated rings. The van der Waals surface area contributed by atoms with Gasteiger partial charge in [0, 0.05) is 24.1 Å². The van der Waals surface area contributed by atoms with E-state index in [0.29, 0.717) is 27.8 Å². The Morgan fingerprint density at radius 1 is 1.14 bits per heavy atom. The van der Waals surface area contributed by atoms with E-state index in [1.807, 2.05) is 18.2 Å². The zero-order chi connectivity index (χ0) is 25.4. The van der Waals surface area contributed by atoms with Crippen molar-refractivity contribution in [3.63, 3.8) is 0 Å². The summed E-state index contributed by atoms with van der Waals surface area (Å²) in [5, 5.41) is 12.3. The van der Waals surface area contributed by atoms with Crippen molar-refractivity contribution in [1.82, 2.24) is 14.9 Å². The summed E-state index contributed by atoms with van der Waals surface area (Å²) in [6.07, 6.45) is 5.00. The van der Waals surface area contributed by atoms with Gasteiger partial charge in [-0.1, -0.05) is 31.2 Å². The number of amides is 1. The molecule has 1 amide bonds. The van der Waals surface area contributed by atoms with Crippen LogP contribution in [0.5, 0.6) is 0 Å². The Balaban J connectivity index is 1.56. The topological polar surface area (TPSA) is 101 Å². The molecular weight excluding hydrogens is 461 g/mol. The van der Waals surface area contributed by atoms with Crippen molar-refractivity contribution in [3.8, 4) is 16.8 Å². The van der Waals surface area contributed by atoms with E-state index < -0.39 is 23.6 Å². The molecule has 2 heterocycles. The number of carbonyl (C=O) groups excluding carboxylic acids is 1. The molecule has 2 aromatic heterocycles. The minimum Gasteiger partial charge on any atom is -0.481 e. The lowest BCUT2D eigenvalue weighted by Crippen LogP contribution is -2.31. The summed E-state index contributed by atoms with van der Waals surface area (Å²) >= 11 is 0. The van der Waals surface area contributed by atoms with E-state index in [4.69, 9.17) is 5.11 Å². The molecule has 1 aliphatic carbocycles. The Morgan fingerprint density at radius 3 is 2.64 bits per heavy atom. The maximum Gasteiger partial charge on any atom is 0.306 e. The first kappa shape index (κ1) is 23.4. The smallest absolute Gasteiger partial charge is 0.306 e. The van der Waals surface area contributed by atoms with E-state index in [2.05, 4.69) is 10.3 Å². The molecular formula is C28H24FN3O4. The van der Waals surface area contributed by atoms with Gasteiger partial charge in [0.2, 0.25) is 5.43 Å². The molecule has 36 heavy (non-hydrogen) atoms. The van der Waals surface area contributed by atoms with Crippen molar-refractivity contribution in [2.45, 2.75) is 32.2 Å². The molecule has 182 valence electrons. The third-order valence-electron chi connectivity index (χ3n) is 6.38. The number of aliphatic carboxylic acids is 1. The minimum atomic E-state index is -0.974. The monoisotopic (exact) mass is 485 g/mol. The van der Waals surface area contributed by atoms with Crippen LogP contribution in [0.1, 0.15) is 35.7 Å². The highest BCUT2D eigenvalue weighted by Gasteiger charge is 2.26. The van der Waals surface area contributed by atoms with Crippen LogP contribution in [0.25, 0.3) is 27.8 Å². The van der Waals surface area contributed by atoms with Crippen molar-refractivity contribution in [2.75, 3.05) is 0 Å². The van der Waals surface area contributed by atoms with Gasteiger partial charge in [-0.3, -0.25) is 14.4 Å². The van der Waals surface area contributed by atoms with Crippen LogP contribution in [0.2, 0.25) is 0 Å². The average Bonchev–Trinajstić information content (AvgIpc) is 3.69. The van der Waals surface area contributed by atoms with Crippen molar-refractivity contribution >= 4 is 22.9 Å². The number of hydrogen-bond acceptors (Lipinski definition) is 4. The Kier molecular flexibility index (Phi) is 6.10. The molecule has 0 saturated heterocycles. The van der Waals surface area contributed by atoms with Crippen LogP contribution in [0.4, 0.5) is 4.39 Å². The largest absolute Gasteiger partial charge is 0.481 e. The summed E-state index contributed by atoms with van der Waals surface area (Å²) in [6, 6.07) is 15.4. The molecule has 1 atom stereocenters. The van der Waals surface area contributed by atoms with Gasteiger partial charge in [-0.25, -0.2) is 9.37 Å². The second-order valence-electron chi connectivity index (χ2n) is 9.16. The first-order valence-corrected chi connectivity index (χ1v) is 11.7. The highest BCUT2D eigenvalue weighted by atomic mass is 19.1. The minimum absolute atomic E-state index is 0.0377. The first-order valence-electron chi connectivity index (χ1n) is 11.7. The summed E-state index contributed by atoms with van der Waals surface area (Å²) in [5.74, 6) is -2.55. The standard InChI is InChI=1S/C28H24FN3O4/c1-16(28(35)36)12-19-8-7-18(14-24(19)29)17-4-2-5-21(13-17)32-15-23(27(34)31-20-9-10-20)25(33)22-6-3-11-30-26(22)32/h2-8,11,13-16,20H,9-10,12H2,1H3,(H,31,34)(H,35,36). The molecule has 1 saturated carbocycles. The molecule has 2 aromatic carbocycles. The van der Waals surface area contributed by atoms with Gasteiger partial charge in [0.1, 0.15) is 17.0 Å². The molecule has 8 heteroatoms. The van der Waals surface area contributed by atoms with Crippen LogP contribution in [0.3, 0.4) is 0 Å². The predicted octanol–water partition coefficient (Wildman–Crippen LogP) is 4.35. The Labute approximate surface area is 206 Å². The van der Waals surface area contributed by atoms with Crippen molar-refractivity contribution in [2.24, 2.45) is 5.92 Å². The third-order valence-corrected chi connectivity index (χ3v) is 6.38. The van der Waals surface area contributed by atoms with Crippen molar-refractivity contribution in [3.05, 3.63) is 94.2 Å². The molecule has 4 aromatic rings. The van der Waals surface area contributed by atoms with E-state index in [-0.39, 0.29) is 23.5 Å². The number of carboxylic acids is 1. The van der Waals surface area contributed by atoms with Crippen molar-refractivity contribution in [1.29, 1.82) is 0 Å². The highest BCUT2D eigenvalue weighted by molar-refractivity contribution is 5.97. The molecule has 1 unspecified atom stereocenters. The number of rotatable bonds is 7. The van der Waals surface area contributed by atoms with Gasteiger partial charge in [0.15, 0.2) is 0 Å². The summed E-state index contributed by atoms with van der Waals surface area (Å²) in [4.78, 5) is 41.4. The average molecular weight is 486 g/mol. The third kappa shape index (κ3) is 4.62. The van der Waals surface area contributed by atoms with Gasteiger partial charge in [-0.15, -0.1) is 0 Å².